The fourth-order valence-corrected chi connectivity index (χ4v) is 1.12. The summed E-state index contributed by atoms with van der Waals surface area (Å²) in [5.41, 5.74) is 0. The first-order valence-electron chi connectivity index (χ1n) is 2.70. The Kier molecular flexibility index (Phi) is 0.551. The van der Waals surface area contributed by atoms with Crippen LogP contribution < -0.4 is 4.99 Å². The van der Waals surface area contributed by atoms with E-state index in [-0.39, 0.29) is 0 Å². The minimum absolute atomic E-state index is 0.366. The lowest BCUT2D eigenvalue weighted by molar-refractivity contribution is -0.533. The molecule has 2 unspecified atom stereocenters. The maximum Gasteiger partial charge on any atom is 0.256 e. The van der Waals surface area contributed by atoms with Gasteiger partial charge in [-0.1, -0.05) is 0 Å². The minimum atomic E-state index is 0.366. The van der Waals surface area contributed by atoms with Gasteiger partial charge in [0.2, 0.25) is 0 Å². The summed E-state index contributed by atoms with van der Waals surface area (Å²) < 4.78 is 5.31. The molecule has 2 heterocycles. The lowest BCUT2D eigenvalue weighted by Gasteiger charge is -1.85. The standard InChI is InChI=1S/C5H7NO/c1-2-5-6-3-4(1)7-5/h3-5H,1-2H2/p+1. The van der Waals surface area contributed by atoms with E-state index in [9.17, 15) is 0 Å². The first kappa shape index (κ1) is 3.61. The molecule has 7 heavy (non-hydrogen) atoms. The Bertz CT molecular complexity index is 98.6. The van der Waals surface area contributed by atoms with Crippen LogP contribution in [0.5, 0.6) is 0 Å². The molecule has 0 saturated carbocycles. The van der Waals surface area contributed by atoms with Gasteiger partial charge in [0.05, 0.1) is 0 Å². The number of hydrogen-bond acceptors (Lipinski definition) is 1. The van der Waals surface area contributed by atoms with Crippen molar-refractivity contribution in [3.8, 4) is 0 Å². The average molecular weight is 98.1 g/mol. The summed E-state index contributed by atoms with van der Waals surface area (Å²) in [5.74, 6) is 0. The van der Waals surface area contributed by atoms with Crippen LogP contribution in [0.4, 0.5) is 0 Å². The highest BCUT2D eigenvalue weighted by atomic mass is 16.5. The Morgan fingerprint density at radius 3 is 2.71 bits per heavy atom. The van der Waals surface area contributed by atoms with Gasteiger partial charge in [-0.25, -0.2) is 4.99 Å². The molecule has 0 aromatic carbocycles. The second-order valence-electron chi connectivity index (χ2n) is 2.07. The summed E-state index contributed by atoms with van der Waals surface area (Å²) in [6.45, 7) is 0. The van der Waals surface area contributed by atoms with Gasteiger partial charge in [-0.2, -0.15) is 0 Å². The van der Waals surface area contributed by atoms with Gasteiger partial charge in [0.15, 0.2) is 6.21 Å². The number of ether oxygens (including phenoxy) is 1. The van der Waals surface area contributed by atoms with Gasteiger partial charge in [0, 0.05) is 6.42 Å². The van der Waals surface area contributed by atoms with Crippen LogP contribution in [0.3, 0.4) is 0 Å². The summed E-state index contributed by atoms with van der Waals surface area (Å²) in [6.07, 6.45) is 5.25. The molecule has 2 bridgehead atoms. The zero-order valence-electron chi connectivity index (χ0n) is 4.05. The van der Waals surface area contributed by atoms with Crippen molar-refractivity contribution in [3.05, 3.63) is 0 Å². The van der Waals surface area contributed by atoms with Gasteiger partial charge >= 0.3 is 0 Å². The molecule has 2 aliphatic rings. The fraction of sp³-hybridized carbons (Fsp3) is 0.800. The fourth-order valence-electron chi connectivity index (χ4n) is 1.12. The smallest absolute Gasteiger partial charge is 0.256 e. The molecule has 38 valence electrons. The van der Waals surface area contributed by atoms with E-state index in [1.54, 1.807) is 0 Å². The van der Waals surface area contributed by atoms with Crippen molar-refractivity contribution >= 4 is 6.21 Å². The molecular formula is C5H8NO+. The highest BCUT2D eigenvalue weighted by Gasteiger charge is 2.33. The van der Waals surface area contributed by atoms with Crippen molar-refractivity contribution < 1.29 is 9.73 Å². The van der Waals surface area contributed by atoms with Crippen LogP contribution in [0.15, 0.2) is 0 Å². The third kappa shape index (κ3) is 0.399. The van der Waals surface area contributed by atoms with E-state index in [0.717, 1.165) is 0 Å². The molecule has 2 aliphatic heterocycles. The number of rotatable bonds is 0. The molecule has 0 spiro atoms. The second kappa shape index (κ2) is 1.07. The Morgan fingerprint density at radius 1 is 1.57 bits per heavy atom. The zero-order chi connectivity index (χ0) is 4.69. The second-order valence-corrected chi connectivity index (χ2v) is 2.07. The number of hydrogen-bond donors (Lipinski definition) is 1. The van der Waals surface area contributed by atoms with Crippen LogP contribution in [0.2, 0.25) is 0 Å². The van der Waals surface area contributed by atoms with E-state index in [1.165, 1.54) is 12.8 Å². The summed E-state index contributed by atoms with van der Waals surface area (Å²) in [5, 5.41) is 0. The highest BCUT2D eigenvalue weighted by molar-refractivity contribution is 5.58. The van der Waals surface area contributed by atoms with E-state index in [4.69, 9.17) is 4.74 Å². The van der Waals surface area contributed by atoms with E-state index in [1.807, 2.05) is 6.21 Å². The van der Waals surface area contributed by atoms with Crippen LogP contribution in [0.1, 0.15) is 12.8 Å². The third-order valence-electron chi connectivity index (χ3n) is 1.52. The van der Waals surface area contributed by atoms with Crippen LogP contribution in [0.25, 0.3) is 0 Å². The molecule has 2 heteroatoms. The maximum absolute atomic E-state index is 5.31. The van der Waals surface area contributed by atoms with Gasteiger partial charge < -0.3 is 4.74 Å². The van der Waals surface area contributed by atoms with Crippen molar-refractivity contribution in [2.24, 2.45) is 0 Å². The molecule has 0 amide bonds. The van der Waals surface area contributed by atoms with Gasteiger partial charge in [0.1, 0.15) is 6.10 Å². The number of nitrogens with one attached hydrogen (secondary N) is 1. The quantitative estimate of drug-likeness (QED) is 0.398. The SMILES string of the molecule is C1=[NH+]C2CCC1O2. The maximum atomic E-state index is 5.31. The summed E-state index contributed by atoms with van der Waals surface area (Å²) in [4.78, 5) is 3.11. The van der Waals surface area contributed by atoms with Gasteiger partial charge in [0.25, 0.3) is 6.23 Å². The lowest BCUT2D eigenvalue weighted by Crippen LogP contribution is -2.74. The van der Waals surface area contributed by atoms with Crippen molar-refractivity contribution in [3.63, 3.8) is 0 Å². The molecule has 2 rings (SSSR count). The zero-order valence-corrected chi connectivity index (χ0v) is 4.05. The summed E-state index contributed by atoms with van der Waals surface area (Å²) in [7, 11) is 0. The Labute approximate surface area is 42.2 Å². The molecule has 0 radical (unpaired) electrons. The molecule has 0 aromatic heterocycles. The van der Waals surface area contributed by atoms with Gasteiger partial charge in [-0.05, 0) is 6.42 Å². The topological polar surface area (TPSA) is 23.2 Å². The predicted octanol–water partition coefficient (Wildman–Crippen LogP) is -1.34. The first-order valence-corrected chi connectivity index (χ1v) is 2.70. The Balaban J connectivity index is 2.27. The molecule has 1 fully saturated rings. The van der Waals surface area contributed by atoms with Crippen LogP contribution in [-0.4, -0.2) is 18.5 Å². The van der Waals surface area contributed by atoms with E-state index < -0.39 is 0 Å². The van der Waals surface area contributed by atoms with Gasteiger partial charge in [-0.15, -0.1) is 0 Å². The molecule has 0 aromatic rings. The van der Waals surface area contributed by atoms with Crippen LogP contribution in [-0.2, 0) is 4.74 Å². The summed E-state index contributed by atoms with van der Waals surface area (Å²) >= 11 is 0. The number of fused-ring (bicyclic) bond motifs is 2. The molecular weight excluding hydrogens is 90.1 g/mol. The monoisotopic (exact) mass is 98.1 g/mol. The van der Waals surface area contributed by atoms with Crippen LogP contribution >= 0.6 is 0 Å². The van der Waals surface area contributed by atoms with Gasteiger partial charge in [-0.3, -0.25) is 0 Å². The van der Waals surface area contributed by atoms with E-state index in [2.05, 4.69) is 4.99 Å². The van der Waals surface area contributed by atoms with Crippen molar-refractivity contribution in [1.29, 1.82) is 0 Å². The van der Waals surface area contributed by atoms with Crippen LogP contribution in [0, 0.1) is 0 Å². The molecule has 2 nitrogen and oxygen atoms in total. The van der Waals surface area contributed by atoms with E-state index in [0.29, 0.717) is 12.3 Å². The third-order valence-corrected chi connectivity index (χ3v) is 1.52. The normalized spacial score (nSPS) is 45.7. The Morgan fingerprint density at radius 2 is 2.57 bits per heavy atom. The van der Waals surface area contributed by atoms with Crippen molar-refractivity contribution in [2.75, 3.05) is 0 Å². The van der Waals surface area contributed by atoms with E-state index >= 15 is 0 Å². The molecule has 0 aliphatic carbocycles. The summed E-state index contributed by atoms with van der Waals surface area (Å²) in [6, 6.07) is 0. The minimum Gasteiger partial charge on any atom is -0.307 e. The molecule has 1 N–H and O–H groups in total. The largest absolute Gasteiger partial charge is 0.307 e. The first-order chi connectivity index (χ1) is 3.45. The average Bonchev–Trinajstić information content (AvgIpc) is 2.22. The Hall–Kier alpha value is -0.370. The highest BCUT2D eigenvalue weighted by Crippen LogP contribution is 2.14. The molecule has 1 saturated heterocycles. The lowest BCUT2D eigenvalue weighted by atomic mass is 10.2. The van der Waals surface area contributed by atoms with Crippen molar-refractivity contribution in [2.45, 2.75) is 25.2 Å². The predicted molar refractivity (Wildman–Crippen MR) is 24.9 cm³/mol. The molecule has 2 atom stereocenters. The van der Waals surface area contributed by atoms with Crippen molar-refractivity contribution in [1.82, 2.24) is 0 Å².